The molecule has 1 saturated heterocycles. The van der Waals surface area contributed by atoms with Crippen LogP contribution in [0.2, 0.25) is 0 Å². The molecule has 0 saturated carbocycles. The zero-order valence-corrected chi connectivity index (χ0v) is 11.0. The van der Waals surface area contributed by atoms with Gasteiger partial charge in [0, 0.05) is 13.6 Å². The molecule has 1 heterocycles. The monoisotopic (exact) mass is 256 g/mol. The van der Waals surface area contributed by atoms with E-state index in [2.05, 4.69) is 5.32 Å². The summed E-state index contributed by atoms with van der Waals surface area (Å²) in [6, 6.07) is -0.514. The van der Waals surface area contributed by atoms with Gasteiger partial charge in [0.25, 0.3) is 0 Å². The molecule has 0 aromatic carbocycles. The first-order chi connectivity index (χ1) is 8.25. The summed E-state index contributed by atoms with van der Waals surface area (Å²) in [7, 11) is 1.66. The maximum Gasteiger partial charge on any atom is 0.325 e. The minimum atomic E-state index is -0.514. The number of rotatable bonds is 5. The number of carbonyl (C=O) groups is 3. The lowest BCUT2D eigenvalue weighted by Crippen LogP contribution is -2.44. The highest BCUT2D eigenvalue weighted by atomic mass is 16.2. The van der Waals surface area contributed by atoms with Crippen LogP contribution >= 0.6 is 0 Å². The van der Waals surface area contributed by atoms with E-state index in [1.807, 2.05) is 13.8 Å². The van der Waals surface area contributed by atoms with E-state index >= 15 is 0 Å². The van der Waals surface area contributed by atoms with E-state index in [9.17, 15) is 14.4 Å². The number of nitrogens with one attached hydrogen (secondary N) is 1. The molecule has 7 nitrogen and oxygen atoms in total. The molecule has 0 unspecified atom stereocenters. The van der Waals surface area contributed by atoms with E-state index in [1.54, 1.807) is 7.05 Å². The Hall–Kier alpha value is -1.63. The van der Waals surface area contributed by atoms with Gasteiger partial charge in [-0.15, -0.1) is 0 Å². The summed E-state index contributed by atoms with van der Waals surface area (Å²) in [6.45, 7) is 4.75. The molecule has 3 N–H and O–H groups in total. The maximum atomic E-state index is 11.9. The van der Waals surface area contributed by atoms with Crippen LogP contribution in [-0.4, -0.2) is 60.9 Å². The van der Waals surface area contributed by atoms with Gasteiger partial charge in [0.1, 0.15) is 13.1 Å². The highest BCUT2D eigenvalue weighted by Crippen LogP contribution is 2.14. The fourth-order valence-electron chi connectivity index (χ4n) is 1.69. The van der Waals surface area contributed by atoms with E-state index < -0.39 is 6.03 Å². The maximum absolute atomic E-state index is 11.9. The third kappa shape index (κ3) is 3.69. The molecule has 0 aromatic heterocycles. The van der Waals surface area contributed by atoms with Crippen LogP contribution < -0.4 is 11.1 Å². The Morgan fingerprint density at radius 3 is 2.56 bits per heavy atom. The lowest BCUT2D eigenvalue weighted by Gasteiger charge is -2.29. The normalized spacial score (nSPS) is 15.9. The largest absolute Gasteiger partial charge is 0.344 e. The van der Waals surface area contributed by atoms with Crippen molar-refractivity contribution in [1.29, 1.82) is 0 Å². The van der Waals surface area contributed by atoms with Crippen LogP contribution in [0.25, 0.3) is 0 Å². The predicted octanol–water partition coefficient (Wildman–Crippen LogP) is -1.02. The van der Waals surface area contributed by atoms with Gasteiger partial charge in [0.05, 0.1) is 0 Å². The number of likely N-dealkylation sites (N-methyl/N-ethyl adjacent to an activating group) is 1. The topological polar surface area (TPSA) is 95.7 Å². The SMILES string of the molecule is CN(CC(C)(C)CN)C(=O)CN1CC(=O)NC1=O. The first kappa shape index (κ1) is 14.4. The van der Waals surface area contributed by atoms with Gasteiger partial charge >= 0.3 is 6.03 Å². The lowest BCUT2D eigenvalue weighted by atomic mass is 9.93. The van der Waals surface area contributed by atoms with Gasteiger partial charge in [0.15, 0.2) is 0 Å². The van der Waals surface area contributed by atoms with Crippen molar-refractivity contribution in [1.82, 2.24) is 15.1 Å². The van der Waals surface area contributed by atoms with Crippen molar-refractivity contribution < 1.29 is 14.4 Å². The standard InChI is InChI=1S/C11H20N4O3/c1-11(2,6-12)7-14(3)9(17)5-15-4-8(16)13-10(15)18/h4-7,12H2,1-3H3,(H,13,16,18). The number of hydrogen-bond donors (Lipinski definition) is 2. The highest BCUT2D eigenvalue weighted by Gasteiger charge is 2.30. The highest BCUT2D eigenvalue weighted by molar-refractivity contribution is 6.03. The molecular weight excluding hydrogens is 236 g/mol. The second-order valence-electron chi connectivity index (χ2n) is 5.33. The van der Waals surface area contributed by atoms with E-state index in [1.165, 1.54) is 9.80 Å². The summed E-state index contributed by atoms with van der Waals surface area (Å²) in [4.78, 5) is 36.9. The van der Waals surface area contributed by atoms with Crippen LogP contribution in [0.15, 0.2) is 0 Å². The first-order valence-electron chi connectivity index (χ1n) is 5.78. The first-order valence-corrected chi connectivity index (χ1v) is 5.78. The molecule has 1 aliphatic rings. The van der Waals surface area contributed by atoms with Crippen molar-refractivity contribution in [2.24, 2.45) is 11.1 Å². The number of nitrogens with two attached hydrogens (primary N) is 1. The van der Waals surface area contributed by atoms with Gasteiger partial charge in [-0.2, -0.15) is 0 Å². The molecule has 7 heteroatoms. The van der Waals surface area contributed by atoms with Crippen molar-refractivity contribution in [3.8, 4) is 0 Å². The van der Waals surface area contributed by atoms with Gasteiger partial charge in [-0.3, -0.25) is 14.9 Å². The fourth-order valence-corrected chi connectivity index (χ4v) is 1.69. The number of urea groups is 1. The van der Waals surface area contributed by atoms with Crippen LogP contribution in [0, 0.1) is 5.41 Å². The van der Waals surface area contributed by atoms with Crippen molar-refractivity contribution in [3.63, 3.8) is 0 Å². The molecule has 0 atom stereocenters. The summed E-state index contributed by atoms with van der Waals surface area (Å²) in [5, 5.41) is 2.13. The second kappa shape index (κ2) is 5.34. The van der Waals surface area contributed by atoms with Crippen LogP contribution in [-0.2, 0) is 9.59 Å². The van der Waals surface area contributed by atoms with Crippen molar-refractivity contribution in [2.45, 2.75) is 13.8 Å². The Morgan fingerprint density at radius 2 is 2.11 bits per heavy atom. The molecule has 0 radical (unpaired) electrons. The zero-order chi connectivity index (χ0) is 13.9. The number of amides is 4. The van der Waals surface area contributed by atoms with E-state index in [0.29, 0.717) is 13.1 Å². The van der Waals surface area contributed by atoms with Gasteiger partial charge in [0.2, 0.25) is 11.8 Å². The Labute approximate surface area is 106 Å². The van der Waals surface area contributed by atoms with Crippen molar-refractivity contribution >= 4 is 17.8 Å². The molecule has 1 rings (SSSR count). The van der Waals surface area contributed by atoms with Crippen LogP contribution in [0.1, 0.15) is 13.8 Å². The lowest BCUT2D eigenvalue weighted by molar-refractivity contribution is -0.131. The van der Waals surface area contributed by atoms with Crippen molar-refractivity contribution in [3.05, 3.63) is 0 Å². The molecule has 102 valence electrons. The Kier molecular flexibility index (Phi) is 4.28. The summed E-state index contributed by atoms with van der Waals surface area (Å²) >= 11 is 0. The summed E-state index contributed by atoms with van der Waals surface area (Å²) in [6.07, 6.45) is 0. The molecule has 0 bridgehead atoms. The number of imide groups is 1. The summed E-state index contributed by atoms with van der Waals surface area (Å²) in [5.41, 5.74) is 5.43. The number of hydrogen-bond acceptors (Lipinski definition) is 4. The Bertz CT molecular complexity index is 367. The average Bonchev–Trinajstić information content (AvgIpc) is 2.56. The Morgan fingerprint density at radius 1 is 1.50 bits per heavy atom. The molecule has 4 amide bonds. The van der Waals surface area contributed by atoms with Crippen LogP contribution in [0.4, 0.5) is 4.79 Å². The van der Waals surface area contributed by atoms with Gasteiger partial charge in [-0.05, 0) is 12.0 Å². The molecule has 1 aliphatic heterocycles. The van der Waals surface area contributed by atoms with Crippen LogP contribution in [0.5, 0.6) is 0 Å². The minimum absolute atomic E-state index is 0.0569. The molecule has 0 spiro atoms. The third-order valence-electron chi connectivity index (χ3n) is 2.84. The summed E-state index contributed by atoms with van der Waals surface area (Å²) < 4.78 is 0. The smallest absolute Gasteiger partial charge is 0.325 e. The summed E-state index contributed by atoms with van der Waals surface area (Å²) in [5.74, 6) is -0.584. The predicted molar refractivity (Wildman–Crippen MR) is 65.6 cm³/mol. The van der Waals surface area contributed by atoms with Crippen molar-refractivity contribution in [2.75, 3.05) is 33.2 Å². The molecule has 0 aliphatic carbocycles. The molecule has 18 heavy (non-hydrogen) atoms. The number of carbonyl (C=O) groups excluding carboxylic acids is 3. The van der Waals surface area contributed by atoms with E-state index in [0.717, 1.165) is 0 Å². The quantitative estimate of drug-likeness (QED) is 0.615. The number of nitrogens with zero attached hydrogens (tertiary/aromatic N) is 2. The zero-order valence-electron chi connectivity index (χ0n) is 11.0. The fraction of sp³-hybridized carbons (Fsp3) is 0.727. The molecule has 1 fully saturated rings. The van der Waals surface area contributed by atoms with Gasteiger partial charge in [-0.25, -0.2) is 4.79 Å². The molecule has 0 aromatic rings. The second-order valence-corrected chi connectivity index (χ2v) is 5.33. The van der Waals surface area contributed by atoms with E-state index in [4.69, 9.17) is 5.73 Å². The minimum Gasteiger partial charge on any atom is -0.344 e. The third-order valence-corrected chi connectivity index (χ3v) is 2.84. The van der Waals surface area contributed by atoms with E-state index in [-0.39, 0.29) is 30.3 Å². The van der Waals surface area contributed by atoms with Crippen LogP contribution in [0.3, 0.4) is 0 Å². The average molecular weight is 256 g/mol. The molecular formula is C11H20N4O3. The van der Waals surface area contributed by atoms with Gasteiger partial charge in [-0.1, -0.05) is 13.8 Å². The van der Waals surface area contributed by atoms with Gasteiger partial charge < -0.3 is 15.5 Å². The Balaban J connectivity index is 2.50.